The summed E-state index contributed by atoms with van der Waals surface area (Å²) in [6.45, 7) is 7.47. The average Bonchev–Trinajstić information content (AvgIpc) is 2.95. The van der Waals surface area contributed by atoms with E-state index in [1.165, 1.54) is 26.6 Å². The molecule has 0 aromatic heterocycles. The van der Waals surface area contributed by atoms with Crippen LogP contribution in [0.5, 0.6) is 0 Å². The van der Waals surface area contributed by atoms with Gasteiger partial charge in [-0.3, -0.25) is 0 Å². The van der Waals surface area contributed by atoms with Crippen LogP contribution >= 0.6 is 0 Å². The second kappa shape index (κ2) is 7.41. The number of benzene rings is 1. The molecule has 1 saturated heterocycles. The second-order valence-electron chi connectivity index (χ2n) is 5.33. The van der Waals surface area contributed by atoms with Gasteiger partial charge in [0, 0.05) is 13.1 Å². The fraction of sp³-hybridized carbons (Fsp3) is 0.562. The summed E-state index contributed by atoms with van der Waals surface area (Å²) in [5, 5.41) is 3.47. The molecule has 0 spiro atoms. The van der Waals surface area contributed by atoms with Crippen LogP contribution in [0.25, 0.3) is 0 Å². The highest BCUT2D eigenvalue weighted by Gasteiger charge is 2.20. The van der Waals surface area contributed by atoms with Crippen LogP contribution in [0.3, 0.4) is 0 Å². The maximum absolute atomic E-state index is 11.7. The van der Waals surface area contributed by atoms with Gasteiger partial charge < -0.3 is 15.0 Å². The Bertz CT molecular complexity index is 448. The molecule has 0 aliphatic carbocycles. The summed E-state index contributed by atoms with van der Waals surface area (Å²) in [7, 11) is 1.42. The molecule has 0 amide bonds. The van der Waals surface area contributed by atoms with Crippen LogP contribution in [-0.2, 0) is 11.3 Å². The van der Waals surface area contributed by atoms with Crippen molar-refractivity contribution in [2.24, 2.45) is 5.92 Å². The van der Waals surface area contributed by atoms with E-state index in [1.54, 1.807) is 0 Å². The Hall–Kier alpha value is -1.39. The number of ether oxygens (including phenoxy) is 1. The minimum Gasteiger partial charge on any atom is -0.465 e. The number of likely N-dealkylation sites (tertiary alicyclic amines) is 1. The van der Waals surface area contributed by atoms with Gasteiger partial charge in [0.05, 0.1) is 12.7 Å². The molecule has 1 aromatic rings. The number of nitrogens with zero attached hydrogens (tertiary/aromatic N) is 1. The molecule has 0 bridgehead atoms. The molecule has 1 aromatic carbocycles. The van der Waals surface area contributed by atoms with Gasteiger partial charge in [-0.15, -0.1) is 0 Å². The molecule has 1 heterocycles. The summed E-state index contributed by atoms with van der Waals surface area (Å²) in [5.41, 5.74) is 1.66. The summed E-state index contributed by atoms with van der Waals surface area (Å²) in [6, 6.07) is 7.62. The van der Waals surface area contributed by atoms with Crippen molar-refractivity contribution in [3.05, 3.63) is 35.4 Å². The molecule has 1 aliphatic heterocycles. The Morgan fingerprint density at radius 3 is 2.95 bits per heavy atom. The Morgan fingerprint density at radius 1 is 1.45 bits per heavy atom. The van der Waals surface area contributed by atoms with Crippen LogP contribution in [-0.4, -0.2) is 44.2 Å². The van der Waals surface area contributed by atoms with E-state index in [9.17, 15) is 4.79 Å². The van der Waals surface area contributed by atoms with Crippen molar-refractivity contribution < 1.29 is 9.53 Å². The van der Waals surface area contributed by atoms with Gasteiger partial charge in [0.2, 0.25) is 0 Å². The number of hydrogen-bond donors (Lipinski definition) is 1. The predicted molar refractivity (Wildman–Crippen MR) is 79.7 cm³/mol. The minimum absolute atomic E-state index is 0.263. The van der Waals surface area contributed by atoms with Gasteiger partial charge >= 0.3 is 5.97 Å². The smallest absolute Gasteiger partial charge is 0.338 e. The number of esters is 1. The number of carbonyl (C=O) groups is 1. The first-order valence-corrected chi connectivity index (χ1v) is 7.34. The molecule has 4 nitrogen and oxygen atoms in total. The monoisotopic (exact) mass is 276 g/mol. The van der Waals surface area contributed by atoms with Gasteiger partial charge in [0.25, 0.3) is 0 Å². The topological polar surface area (TPSA) is 41.6 Å². The van der Waals surface area contributed by atoms with Crippen LogP contribution in [0.2, 0.25) is 0 Å². The van der Waals surface area contributed by atoms with Crippen molar-refractivity contribution in [3.8, 4) is 0 Å². The van der Waals surface area contributed by atoms with Crippen molar-refractivity contribution in [3.63, 3.8) is 0 Å². The summed E-state index contributed by atoms with van der Waals surface area (Å²) in [6.07, 6.45) is 1.26. The lowest BCUT2D eigenvalue weighted by atomic mass is 10.1. The Kier molecular flexibility index (Phi) is 5.56. The highest BCUT2D eigenvalue weighted by atomic mass is 16.5. The van der Waals surface area contributed by atoms with Crippen LogP contribution in [0.1, 0.15) is 29.3 Å². The van der Waals surface area contributed by atoms with Gasteiger partial charge in [0.15, 0.2) is 0 Å². The van der Waals surface area contributed by atoms with Gasteiger partial charge in [-0.2, -0.15) is 0 Å². The molecule has 1 aliphatic rings. The molecule has 2 rings (SSSR count). The largest absolute Gasteiger partial charge is 0.465 e. The van der Waals surface area contributed by atoms with Crippen LogP contribution in [0.4, 0.5) is 0 Å². The summed E-state index contributed by atoms with van der Waals surface area (Å²) in [5.74, 6) is 0.459. The van der Waals surface area contributed by atoms with Crippen molar-refractivity contribution in [1.29, 1.82) is 0 Å². The Labute approximate surface area is 121 Å². The number of methoxy groups -OCH3 is 1. The lowest BCUT2D eigenvalue weighted by Gasteiger charge is -2.14. The Morgan fingerprint density at radius 2 is 2.25 bits per heavy atom. The van der Waals surface area contributed by atoms with Crippen LogP contribution in [0, 0.1) is 5.92 Å². The average molecular weight is 276 g/mol. The quantitative estimate of drug-likeness (QED) is 0.806. The number of nitrogens with one attached hydrogen (secondary N) is 1. The zero-order chi connectivity index (χ0) is 14.4. The van der Waals surface area contributed by atoms with Crippen LogP contribution in [0.15, 0.2) is 24.3 Å². The van der Waals surface area contributed by atoms with E-state index >= 15 is 0 Å². The lowest BCUT2D eigenvalue weighted by Crippen LogP contribution is -2.26. The molecule has 0 radical (unpaired) electrons. The summed E-state index contributed by atoms with van der Waals surface area (Å²) < 4.78 is 4.81. The third kappa shape index (κ3) is 3.81. The number of hydrogen-bond acceptors (Lipinski definition) is 4. The normalized spacial score (nSPS) is 19.2. The number of carbonyl (C=O) groups excluding carboxylic acids is 1. The first-order valence-electron chi connectivity index (χ1n) is 7.34. The van der Waals surface area contributed by atoms with Crippen molar-refractivity contribution in [2.75, 3.05) is 33.3 Å². The van der Waals surface area contributed by atoms with E-state index in [0.29, 0.717) is 12.1 Å². The highest BCUT2D eigenvalue weighted by molar-refractivity contribution is 5.90. The zero-order valence-electron chi connectivity index (χ0n) is 12.4. The van der Waals surface area contributed by atoms with Crippen molar-refractivity contribution >= 4 is 5.97 Å². The first-order chi connectivity index (χ1) is 9.74. The Balaban J connectivity index is 1.84. The third-order valence-corrected chi connectivity index (χ3v) is 3.99. The minimum atomic E-state index is -0.263. The van der Waals surface area contributed by atoms with E-state index < -0.39 is 0 Å². The molecule has 110 valence electrons. The molecular weight excluding hydrogens is 252 g/mol. The van der Waals surface area contributed by atoms with E-state index in [4.69, 9.17) is 4.74 Å². The second-order valence-corrected chi connectivity index (χ2v) is 5.33. The molecule has 4 heteroatoms. The van der Waals surface area contributed by atoms with Crippen molar-refractivity contribution in [2.45, 2.75) is 19.9 Å². The van der Waals surface area contributed by atoms with Crippen LogP contribution < -0.4 is 5.32 Å². The summed E-state index contributed by atoms with van der Waals surface area (Å²) in [4.78, 5) is 14.2. The van der Waals surface area contributed by atoms with E-state index in [1.807, 2.05) is 24.3 Å². The van der Waals surface area contributed by atoms with E-state index in [0.717, 1.165) is 24.6 Å². The molecule has 20 heavy (non-hydrogen) atoms. The first kappa shape index (κ1) is 15.0. The predicted octanol–water partition coefficient (Wildman–Crippen LogP) is 1.90. The zero-order valence-corrected chi connectivity index (χ0v) is 12.4. The summed E-state index contributed by atoms with van der Waals surface area (Å²) >= 11 is 0. The number of rotatable bonds is 6. The maximum atomic E-state index is 11.7. The van der Waals surface area contributed by atoms with Crippen molar-refractivity contribution in [1.82, 2.24) is 10.2 Å². The van der Waals surface area contributed by atoms with Gasteiger partial charge in [-0.25, -0.2) is 4.79 Å². The van der Waals surface area contributed by atoms with Gasteiger partial charge in [-0.05, 0) is 43.6 Å². The molecule has 1 fully saturated rings. The fourth-order valence-electron chi connectivity index (χ4n) is 2.76. The molecule has 1 N–H and O–H groups in total. The molecular formula is C16H24N2O2. The molecule has 1 unspecified atom stereocenters. The van der Waals surface area contributed by atoms with Gasteiger partial charge in [-0.1, -0.05) is 25.1 Å². The third-order valence-electron chi connectivity index (χ3n) is 3.99. The molecule has 0 saturated carbocycles. The lowest BCUT2D eigenvalue weighted by molar-refractivity contribution is 0.0599. The standard InChI is InChI=1S/C16H24N2O2/c1-3-18-9-8-13(12-18)10-17-11-14-6-4-5-7-15(14)16(19)20-2/h4-7,13,17H,3,8-12H2,1-2H3. The maximum Gasteiger partial charge on any atom is 0.338 e. The van der Waals surface area contributed by atoms with Gasteiger partial charge in [0.1, 0.15) is 0 Å². The van der Waals surface area contributed by atoms with E-state index in [2.05, 4.69) is 17.1 Å². The fourth-order valence-corrected chi connectivity index (χ4v) is 2.76. The van der Waals surface area contributed by atoms with E-state index in [-0.39, 0.29) is 5.97 Å². The highest BCUT2D eigenvalue weighted by Crippen LogP contribution is 2.15. The SMILES string of the molecule is CCN1CCC(CNCc2ccccc2C(=O)OC)C1. The molecule has 1 atom stereocenters.